The fourth-order valence-electron chi connectivity index (χ4n) is 10.1. The van der Waals surface area contributed by atoms with Crippen LogP contribution in [0.3, 0.4) is 0 Å². The molecule has 1 saturated heterocycles. The number of amides is 1. The zero-order valence-electron chi connectivity index (χ0n) is 46.8. The predicted molar refractivity (Wildman–Crippen MR) is 300 cm³/mol. The van der Waals surface area contributed by atoms with E-state index in [0.717, 1.165) is 38.5 Å². The van der Waals surface area contributed by atoms with Crippen LogP contribution in [0, 0.1) is 0 Å². The molecular formula is C62H119NO8. The smallest absolute Gasteiger partial charge is 0.220 e. The van der Waals surface area contributed by atoms with Crippen LogP contribution in [0.4, 0.5) is 0 Å². The maximum absolute atomic E-state index is 13.1. The molecule has 9 heteroatoms. The van der Waals surface area contributed by atoms with E-state index in [2.05, 4.69) is 31.3 Å². The molecule has 1 fully saturated rings. The summed E-state index contributed by atoms with van der Waals surface area (Å²) in [6.45, 7) is 3.81. The van der Waals surface area contributed by atoms with Crippen LogP contribution in [0.25, 0.3) is 0 Å². The highest BCUT2D eigenvalue weighted by Crippen LogP contribution is 2.23. The Morgan fingerprint density at radius 2 is 0.803 bits per heavy atom. The van der Waals surface area contributed by atoms with Crippen LogP contribution in [-0.2, 0) is 14.3 Å². The van der Waals surface area contributed by atoms with Crippen molar-refractivity contribution in [3.05, 3.63) is 24.3 Å². The van der Waals surface area contributed by atoms with Gasteiger partial charge in [-0.2, -0.15) is 0 Å². The Morgan fingerprint density at radius 3 is 1.18 bits per heavy atom. The maximum atomic E-state index is 13.1. The molecule has 71 heavy (non-hydrogen) atoms. The first kappa shape index (κ1) is 67.7. The zero-order chi connectivity index (χ0) is 51.5. The van der Waals surface area contributed by atoms with Crippen LogP contribution in [0.15, 0.2) is 24.3 Å². The summed E-state index contributed by atoms with van der Waals surface area (Å²) in [6, 6.07) is -0.819. The van der Waals surface area contributed by atoms with E-state index in [1.165, 1.54) is 250 Å². The number of unbranched alkanes of at least 4 members (excludes halogenated alkanes) is 42. The van der Waals surface area contributed by atoms with Crippen molar-refractivity contribution in [2.45, 2.75) is 352 Å². The molecule has 0 aliphatic carbocycles. The molecule has 6 N–H and O–H groups in total. The summed E-state index contributed by atoms with van der Waals surface area (Å²) in [6.07, 6.45) is 59.7. The zero-order valence-corrected chi connectivity index (χ0v) is 46.8. The van der Waals surface area contributed by atoms with E-state index in [9.17, 15) is 30.3 Å². The summed E-state index contributed by atoms with van der Waals surface area (Å²) in [5, 5.41) is 54.6. The molecule has 7 atom stereocenters. The highest BCUT2D eigenvalue weighted by Gasteiger charge is 2.44. The molecule has 0 aromatic heterocycles. The summed E-state index contributed by atoms with van der Waals surface area (Å²) in [4.78, 5) is 13.1. The van der Waals surface area contributed by atoms with Gasteiger partial charge in [-0.3, -0.25) is 4.79 Å². The van der Waals surface area contributed by atoms with Crippen molar-refractivity contribution in [1.82, 2.24) is 5.32 Å². The number of carbonyl (C=O) groups excluding carboxylic acids is 1. The first-order chi connectivity index (χ1) is 34.8. The molecule has 9 nitrogen and oxygen atoms in total. The maximum Gasteiger partial charge on any atom is 0.220 e. The second kappa shape index (κ2) is 52.1. The third kappa shape index (κ3) is 41.6. The first-order valence-corrected chi connectivity index (χ1v) is 31.1. The lowest BCUT2D eigenvalue weighted by molar-refractivity contribution is -0.302. The molecule has 0 spiro atoms. The van der Waals surface area contributed by atoms with Crippen LogP contribution >= 0.6 is 0 Å². The van der Waals surface area contributed by atoms with Crippen molar-refractivity contribution in [1.29, 1.82) is 0 Å². The number of hydrogen-bond acceptors (Lipinski definition) is 8. The minimum Gasteiger partial charge on any atom is -0.394 e. The van der Waals surface area contributed by atoms with Crippen LogP contribution in [0.1, 0.15) is 309 Å². The molecule has 0 saturated carbocycles. The van der Waals surface area contributed by atoms with Gasteiger partial charge in [-0.1, -0.05) is 295 Å². The van der Waals surface area contributed by atoms with E-state index >= 15 is 0 Å². The second-order valence-electron chi connectivity index (χ2n) is 21.9. The van der Waals surface area contributed by atoms with Gasteiger partial charge in [0.15, 0.2) is 6.29 Å². The number of nitrogens with one attached hydrogen (secondary N) is 1. The highest BCUT2D eigenvalue weighted by molar-refractivity contribution is 5.76. The Bertz CT molecular complexity index is 1170. The molecule has 1 rings (SSSR count). The number of hydrogen-bond donors (Lipinski definition) is 6. The van der Waals surface area contributed by atoms with E-state index in [1.54, 1.807) is 6.08 Å². The summed E-state index contributed by atoms with van der Waals surface area (Å²) in [5.74, 6) is -0.179. The lowest BCUT2D eigenvalue weighted by Gasteiger charge is -2.40. The van der Waals surface area contributed by atoms with Crippen LogP contribution in [-0.4, -0.2) is 87.5 Å². The predicted octanol–water partition coefficient (Wildman–Crippen LogP) is 15.7. The van der Waals surface area contributed by atoms with E-state index in [4.69, 9.17) is 9.47 Å². The molecule has 0 bridgehead atoms. The summed E-state index contributed by atoms with van der Waals surface area (Å²) in [7, 11) is 0. The topological polar surface area (TPSA) is 149 Å². The van der Waals surface area contributed by atoms with Gasteiger partial charge < -0.3 is 40.3 Å². The highest BCUT2D eigenvalue weighted by atomic mass is 16.7. The summed E-state index contributed by atoms with van der Waals surface area (Å²) in [5.41, 5.74) is 0. The van der Waals surface area contributed by atoms with Gasteiger partial charge in [-0.05, 0) is 32.1 Å². The van der Waals surface area contributed by atoms with Crippen molar-refractivity contribution in [2.24, 2.45) is 0 Å². The Balaban J connectivity index is 2.20. The fourth-order valence-corrected chi connectivity index (χ4v) is 10.1. The SMILES string of the molecule is CCCCCCCCCCCCCCCCCCCC/C=C/CC/C=C/C(O)C(COC1OC(CO)C(O)C(O)C1O)NC(=O)CCCCCCCCCCCCCCCCCCCCCCCCCC. The minimum absolute atomic E-state index is 0.179. The van der Waals surface area contributed by atoms with Gasteiger partial charge in [0.25, 0.3) is 0 Å². The van der Waals surface area contributed by atoms with E-state index in [1.807, 2.05) is 6.08 Å². The quantitative estimate of drug-likeness (QED) is 0.0261. The molecule has 7 unspecified atom stereocenters. The largest absolute Gasteiger partial charge is 0.394 e. The minimum atomic E-state index is -1.57. The Labute approximate surface area is 439 Å². The standard InChI is InChI=1S/C62H119NO8/c1-3-5-7-9-11-13-15-17-19-21-23-25-27-29-31-33-35-37-39-41-43-45-47-49-51-56(65)55(54-70-62-61(69)60(68)59(67)57(53-64)71-62)63-58(66)52-50-48-46-44-42-40-38-36-34-32-30-28-26-24-22-20-18-16-14-12-10-8-6-4-2/h41,43,49,51,55-57,59-62,64-65,67-69H,3-40,42,44-48,50,52-54H2,1-2H3,(H,63,66)/b43-41+,51-49+. The number of ether oxygens (including phenoxy) is 2. The molecule has 1 heterocycles. The molecule has 1 aliphatic heterocycles. The Morgan fingerprint density at radius 1 is 0.465 bits per heavy atom. The van der Waals surface area contributed by atoms with Gasteiger partial charge in [0.2, 0.25) is 5.91 Å². The number of rotatable bonds is 54. The molecular weight excluding hydrogens is 887 g/mol. The molecule has 0 radical (unpaired) electrons. The van der Waals surface area contributed by atoms with Crippen molar-refractivity contribution < 1.29 is 39.8 Å². The average molecular weight is 1010 g/mol. The van der Waals surface area contributed by atoms with Crippen LogP contribution < -0.4 is 5.32 Å². The van der Waals surface area contributed by atoms with Gasteiger partial charge in [-0.15, -0.1) is 0 Å². The third-order valence-electron chi connectivity index (χ3n) is 15.0. The monoisotopic (exact) mass is 1010 g/mol. The second-order valence-corrected chi connectivity index (χ2v) is 21.9. The van der Waals surface area contributed by atoms with Crippen LogP contribution in [0.2, 0.25) is 0 Å². The van der Waals surface area contributed by atoms with E-state index in [-0.39, 0.29) is 12.5 Å². The lowest BCUT2D eigenvalue weighted by atomic mass is 9.99. The van der Waals surface area contributed by atoms with Gasteiger partial charge in [0, 0.05) is 6.42 Å². The normalized spacial score (nSPS) is 19.3. The Kier molecular flexibility index (Phi) is 49.7. The summed E-state index contributed by atoms with van der Waals surface area (Å²) >= 11 is 0. The number of aliphatic hydroxyl groups is 5. The number of aliphatic hydroxyl groups excluding tert-OH is 5. The average Bonchev–Trinajstić information content (AvgIpc) is 3.37. The van der Waals surface area contributed by atoms with Gasteiger partial charge in [0.1, 0.15) is 24.4 Å². The van der Waals surface area contributed by atoms with Crippen molar-refractivity contribution >= 4 is 5.91 Å². The first-order valence-electron chi connectivity index (χ1n) is 31.1. The van der Waals surface area contributed by atoms with Crippen molar-refractivity contribution in [3.8, 4) is 0 Å². The Hall–Kier alpha value is -1.33. The van der Waals surface area contributed by atoms with E-state index in [0.29, 0.717) is 6.42 Å². The van der Waals surface area contributed by atoms with E-state index < -0.39 is 49.5 Å². The van der Waals surface area contributed by atoms with Gasteiger partial charge in [-0.25, -0.2) is 0 Å². The molecule has 1 amide bonds. The van der Waals surface area contributed by atoms with Crippen molar-refractivity contribution in [2.75, 3.05) is 13.2 Å². The lowest BCUT2D eigenvalue weighted by Crippen LogP contribution is -2.60. The summed E-state index contributed by atoms with van der Waals surface area (Å²) < 4.78 is 11.3. The molecule has 0 aromatic rings. The van der Waals surface area contributed by atoms with Crippen molar-refractivity contribution in [3.63, 3.8) is 0 Å². The third-order valence-corrected chi connectivity index (χ3v) is 15.0. The molecule has 1 aliphatic rings. The van der Waals surface area contributed by atoms with Crippen LogP contribution in [0.5, 0.6) is 0 Å². The number of allylic oxidation sites excluding steroid dienone is 3. The number of carbonyl (C=O) groups is 1. The fraction of sp³-hybridized carbons (Fsp3) is 0.919. The molecule has 420 valence electrons. The molecule has 0 aromatic carbocycles. The van der Waals surface area contributed by atoms with Gasteiger partial charge in [0.05, 0.1) is 25.4 Å². The van der Waals surface area contributed by atoms with Gasteiger partial charge >= 0.3 is 0 Å².